The first kappa shape index (κ1) is 20.4. The molecule has 0 aliphatic carbocycles. The van der Waals surface area contributed by atoms with Crippen LogP contribution in [0.25, 0.3) is 0 Å². The lowest BCUT2D eigenvalue weighted by atomic mass is 9.91. The quantitative estimate of drug-likeness (QED) is 0.797. The largest absolute Gasteiger partial charge is 0.482 e. The Morgan fingerprint density at radius 3 is 2.63 bits per heavy atom. The van der Waals surface area contributed by atoms with Crippen LogP contribution in [0.3, 0.4) is 0 Å². The summed E-state index contributed by atoms with van der Waals surface area (Å²) in [7, 11) is 0. The van der Waals surface area contributed by atoms with Crippen LogP contribution in [0.4, 0.5) is 5.69 Å². The number of hydrogen-bond donors (Lipinski definition) is 2. The third-order valence-corrected chi connectivity index (χ3v) is 5.77. The van der Waals surface area contributed by atoms with E-state index in [1.165, 1.54) is 12.0 Å². The number of amides is 2. The predicted molar refractivity (Wildman–Crippen MR) is 116 cm³/mol. The first-order chi connectivity index (χ1) is 14.5. The summed E-state index contributed by atoms with van der Waals surface area (Å²) >= 11 is 0. The average Bonchev–Trinajstić information content (AvgIpc) is 2.71. The Kier molecular flexibility index (Phi) is 6.04. The van der Waals surface area contributed by atoms with E-state index in [-0.39, 0.29) is 18.4 Å². The van der Waals surface area contributed by atoms with E-state index in [4.69, 9.17) is 4.74 Å². The van der Waals surface area contributed by atoms with Crippen LogP contribution in [0.15, 0.2) is 42.5 Å². The van der Waals surface area contributed by atoms with Crippen molar-refractivity contribution in [3.05, 3.63) is 59.2 Å². The van der Waals surface area contributed by atoms with E-state index in [0.717, 1.165) is 37.0 Å². The summed E-state index contributed by atoms with van der Waals surface area (Å²) in [5, 5.41) is 5.76. The van der Waals surface area contributed by atoms with E-state index >= 15 is 0 Å². The normalized spacial score (nSPS) is 21.3. The minimum atomic E-state index is -0.186. The number of anilines is 1. The monoisotopic (exact) mass is 407 g/mol. The van der Waals surface area contributed by atoms with E-state index in [9.17, 15) is 9.59 Å². The number of carbonyl (C=O) groups is 2. The van der Waals surface area contributed by atoms with E-state index in [2.05, 4.69) is 47.6 Å². The molecule has 2 N–H and O–H groups in total. The molecule has 0 radical (unpaired) electrons. The minimum Gasteiger partial charge on any atom is -0.482 e. The molecule has 0 aromatic heterocycles. The summed E-state index contributed by atoms with van der Waals surface area (Å²) < 4.78 is 5.41. The second kappa shape index (κ2) is 8.88. The van der Waals surface area contributed by atoms with Crippen molar-refractivity contribution in [3.8, 4) is 5.75 Å². The lowest BCUT2D eigenvalue weighted by Gasteiger charge is -2.35. The number of benzene rings is 2. The molecule has 0 unspecified atom stereocenters. The standard InChI is InChI=1S/C24H29N3O3/c1-16-9-17(2)13-27(12-16)14-20-6-4-3-5-19(20)11-25-24(29)18-7-8-21-22(10-18)30-15-23(28)26-21/h3-8,10,16-17H,9,11-15H2,1-2H3,(H,25,29)(H,26,28)/t16-,17+. The summed E-state index contributed by atoms with van der Waals surface area (Å²) in [5.41, 5.74) is 3.51. The second-order valence-electron chi connectivity index (χ2n) is 8.64. The van der Waals surface area contributed by atoms with Gasteiger partial charge in [0, 0.05) is 31.7 Å². The Bertz CT molecular complexity index is 933. The van der Waals surface area contributed by atoms with Gasteiger partial charge in [0.1, 0.15) is 5.75 Å². The smallest absolute Gasteiger partial charge is 0.262 e. The maximum absolute atomic E-state index is 12.7. The highest BCUT2D eigenvalue weighted by Gasteiger charge is 2.22. The molecule has 1 saturated heterocycles. The molecule has 2 amide bonds. The molecule has 2 aliphatic heterocycles. The molecule has 6 nitrogen and oxygen atoms in total. The van der Waals surface area contributed by atoms with Crippen LogP contribution < -0.4 is 15.4 Å². The SMILES string of the molecule is C[C@@H]1C[C@H](C)CN(Cc2ccccc2CNC(=O)c2ccc3c(c2)OCC(=O)N3)C1. The number of ether oxygens (including phenoxy) is 1. The first-order valence-electron chi connectivity index (χ1n) is 10.6. The highest BCUT2D eigenvalue weighted by molar-refractivity contribution is 5.98. The van der Waals surface area contributed by atoms with Gasteiger partial charge >= 0.3 is 0 Å². The summed E-state index contributed by atoms with van der Waals surface area (Å²) in [5.74, 6) is 1.62. The van der Waals surface area contributed by atoms with Gasteiger partial charge in [-0.2, -0.15) is 0 Å². The number of likely N-dealkylation sites (tertiary alicyclic amines) is 1. The highest BCUT2D eigenvalue weighted by Crippen LogP contribution is 2.28. The number of nitrogens with one attached hydrogen (secondary N) is 2. The van der Waals surface area contributed by atoms with Gasteiger partial charge in [0.15, 0.2) is 6.61 Å². The van der Waals surface area contributed by atoms with Gasteiger partial charge in [-0.25, -0.2) is 0 Å². The van der Waals surface area contributed by atoms with Gasteiger partial charge in [0.05, 0.1) is 5.69 Å². The lowest BCUT2D eigenvalue weighted by Crippen LogP contribution is -2.38. The number of piperidine rings is 1. The van der Waals surface area contributed by atoms with Crippen LogP contribution in [-0.2, 0) is 17.9 Å². The van der Waals surface area contributed by atoms with Gasteiger partial charge in [-0.05, 0) is 47.6 Å². The Hall–Kier alpha value is -2.86. The van der Waals surface area contributed by atoms with Crippen LogP contribution in [0, 0.1) is 11.8 Å². The van der Waals surface area contributed by atoms with E-state index in [0.29, 0.717) is 23.5 Å². The summed E-state index contributed by atoms with van der Waals surface area (Å²) in [6.45, 7) is 8.24. The van der Waals surface area contributed by atoms with Crippen molar-refractivity contribution in [3.63, 3.8) is 0 Å². The molecule has 2 aromatic carbocycles. The van der Waals surface area contributed by atoms with E-state index < -0.39 is 0 Å². The Morgan fingerprint density at radius 1 is 1.13 bits per heavy atom. The number of carbonyl (C=O) groups excluding carboxylic acids is 2. The van der Waals surface area contributed by atoms with Crippen molar-refractivity contribution in [1.29, 1.82) is 0 Å². The van der Waals surface area contributed by atoms with Crippen LogP contribution >= 0.6 is 0 Å². The predicted octanol–water partition coefficient (Wildman–Crippen LogP) is 3.43. The molecule has 0 spiro atoms. The topological polar surface area (TPSA) is 70.7 Å². The van der Waals surface area contributed by atoms with Gasteiger partial charge in [0.2, 0.25) is 0 Å². The maximum atomic E-state index is 12.7. The number of rotatable bonds is 5. The molecule has 2 heterocycles. The molecule has 1 fully saturated rings. The van der Waals surface area contributed by atoms with Gasteiger partial charge in [-0.1, -0.05) is 38.1 Å². The fourth-order valence-corrected chi connectivity index (χ4v) is 4.54. The summed E-state index contributed by atoms with van der Waals surface area (Å²) in [4.78, 5) is 26.6. The van der Waals surface area contributed by atoms with E-state index in [1.54, 1.807) is 18.2 Å². The third-order valence-electron chi connectivity index (χ3n) is 5.77. The van der Waals surface area contributed by atoms with Gasteiger partial charge < -0.3 is 15.4 Å². The zero-order chi connectivity index (χ0) is 21.1. The molecule has 30 heavy (non-hydrogen) atoms. The second-order valence-corrected chi connectivity index (χ2v) is 8.64. The van der Waals surface area contributed by atoms with Crippen molar-refractivity contribution in [2.75, 3.05) is 25.0 Å². The van der Waals surface area contributed by atoms with Crippen LogP contribution in [0.5, 0.6) is 5.75 Å². The molecule has 6 heteroatoms. The molecule has 0 bridgehead atoms. The fourth-order valence-electron chi connectivity index (χ4n) is 4.54. The van der Waals surface area contributed by atoms with Crippen molar-refractivity contribution in [1.82, 2.24) is 10.2 Å². The Morgan fingerprint density at radius 2 is 1.87 bits per heavy atom. The molecule has 4 rings (SSSR count). The third kappa shape index (κ3) is 4.82. The van der Waals surface area contributed by atoms with Crippen molar-refractivity contribution in [2.24, 2.45) is 11.8 Å². The summed E-state index contributed by atoms with van der Waals surface area (Å²) in [6.07, 6.45) is 1.29. The van der Waals surface area contributed by atoms with E-state index in [1.807, 2.05) is 6.07 Å². The lowest BCUT2D eigenvalue weighted by molar-refractivity contribution is -0.118. The molecule has 2 aromatic rings. The Balaban J connectivity index is 1.40. The zero-order valence-electron chi connectivity index (χ0n) is 17.6. The molecular formula is C24H29N3O3. The van der Waals surface area contributed by atoms with Gasteiger partial charge in [0.25, 0.3) is 11.8 Å². The van der Waals surface area contributed by atoms with Gasteiger partial charge in [-0.15, -0.1) is 0 Å². The van der Waals surface area contributed by atoms with Crippen LogP contribution in [0.2, 0.25) is 0 Å². The zero-order valence-corrected chi connectivity index (χ0v) is 17.6. The molecule has 0 saturated carbocycles. The van der Waals surface area contributed by atoms with Crippen LogP contribution in [-0.4, -0.2) is 36.4 Å². The van der Waals surface area contributed by atoms with Crippen molar-refractivity contribution < 1.29 is 14.3 Å². The maximum Gasteiger partial charge on any atom is 0.262 e. The van der Waals surface area contributed by atoms with Gasteiger partial charge in [-0.3, -0.25) is 14.5 Å². The molecule has 2 aliphatic rings. The highest BCUT2D eigenvalue weighted by atomic mass is 16.5. The number of hydrogen-bond acceptors (Lipinski definition) is 4. The van der Waals surface area contributed by atoms with Crippen molar-refractivity contribution in [2.45, 2.75) is 33.4 Å². The van der Waals surface area contributed by atoms with Crippen molar-refractivity contribution >= 4 is 17.5 Å². The minimum absolute atomic E-state index is 0.0286. The van der Waals surface area contributed by atoms with Crippen LogP contribution in [0.1, 0.15) is 41.8 Å². The average molecular weight is 408 g/mol. The molecular weight excluding hydrogens is 378 g/mol. The first-order valence-corrected chi connectivity index (χ1v) is 10.6. The Labute approximate surface area is 177 Å². The molecule has 2 atom stereocenters. The fraction of sp³-hybridized carbons (Fsp3) is 0.417. The molecule has 158 valence electrons. The number of fused-ring (bicyclic) bond motifs is 1. The number of nitrogens with zero attached hydrogens (tertiary/aromatic N) is 1. The summed E-state index contributed by atoms with van der Waals surface area (Å²) in [6, 6.07) is 13.4.